The van der Waals surface area contributed by atoms with Crippen LogP contribution in [-0.4, -0.2) is 42.9 Å². The first kappa shape index (κ1) is 16.4. The average molecular weight is 245 g/mol. The number of nitrogens with one attached hydrogen (secondary N) is 1. The van der Waals surface area contributed by atoms with E-state index in [1.54, 1.807) is 0 Å². The van der Waals surface area contributed by atoms with E-state index in [1.165, 1.54) is 0 Å². The number of likely N-dealkylation sites (tertiary alicyclic amines) is 1. The number of amides is 1. The molecular weight excluding hydrogens is 218 g/mol. The molecule has 5 nitrogen and oxygen atoms in total. The van der Waals surface area contributed by atoms with Gasteiger partial charge in [0.1, 0.15) is 12.9 Å². The van der Waals surface area contributed by atoms with E-state index in [1.807, 2.05) is 20.8 Å². The first-order valence-corrected chi connectivity index (χ1v) is 6.53. The van der Waals surface area contributed by atoms with Gasteiger partial charge in [0.2, 0.25) is 5.91 Å². The summed E-state index contributed by atoms with van der Waals surface area (Å²) in [5.74, 6) is -0.150. The van der Waals surface area contributed by atoms with Gasteiger partial charge in [-0.15, -0.1) is 0 Å². The third kappa shape index (κ3) is 6.00. The monoisotopic (exact) mass is 245 g/mol. The highest BCUT2D eigenvalue weighted by Crippen LogP contribution is 2.16. The summed E-state index contributed by atoms with van der Waals surface area (Å²) in [6.45, 7) is 9.57. The summed E-state index contributed by atoms with van der Waals surface area (Å²) in [7, 11) is 0. The van der Waals surface area contributed by atoms with Gasteiger partial charge >= 0.3 is 0 Å². The van der Waals surface area contributed by atoms with E-state index < -0.39 is 0 Å². The Balaban J connectivity index is 0.00000121. The second kappa shape index (κ2) is 9.39. The molecular formula is C12H27N3O2. The van der Waals surface area contributed by atoms with Crippen LogP contribution in [0.3, 0.4) is 0 Å². The van der Waals surface area contributed by atoms with Gasteiger partial charge in [0, 0.05) is 19.2 Å². The Morgan fingerprint density at radius 2 is 2.24 bits per heavy atom. The van der Waals surface area contributed by atoms with Gasteiger partial charge in [0.05, 0.1) is 0 Å². The third-order valence-corrected chi connectivity index (χ3v) is 2.71. The van der Waals surface area contributed by atoms with Crippen molar-refractivity contribution in [1.82, 2.24) is 10.2 Å². The standard InChI is InChI=1S/C10H21N3O2.C2H6/c1-3-15-7-9(14)12-10(11)13-6-4-5-8(13)2;1-2/h8,10H,3-7,11H2,1-2H3,(H,12,14);1-2H3. The molecule has 0 aliphatic carbocycles. The summed E-state index contributed by atoms with van der Waals surface area (Å²) in [6, 6.07) is 0.451. The predicted molar refractivity (Wildman–Crippen MR) is 69.4 cm³/mol. The van der Waals surface area contributed by atoms with Crippen molar-refractivity contribution in [2.24, 2.45) is 5.73 Å². The Kier molecular flexibility index (Phi) is 9.03. The number of nitrogens with two attached hydrogens (primary N) is 1. The smallest absolute Gasteiger partial charge is 0.248 e. The van der Waals surface area contributed by atoms with Crippen molar-refractivity contribution >= 4 is 5.91 Å². The predicted octanol–water partition coefficient (Wildman–Crippen LogP) is 0.892. The normalized spacial score (nSPS) is 21.6. The van der Waals surface area contributed by atoms with E-state index in [9.17, 15) is 4.79 Å². The summed E-state index contributed by atoms with van der Waals surface area (Å²) in [4.78, 5) is 13.4. The van der Waals surface area contributed by atoms with Crippen molar-refractivity contribution in [2.45, 2.75) is 52.9 Å². The summed E-state index contributed by atoms with van der Waals surface area (Å²) in [5.41, 5.74) is 5.88. The van der Waals surface area contributed by atoms with Crippen molar-refractivity contribution in [3.05, 3.63) is 0 Å². The van der Waals surface area contributed by atoms with Crippen molar-refractivity contribution in [3.63, 3.8) is 0 Å². The van der Waals surface area contributed by atoms with Crippen molar-refractivity contribution in [3.8, 4) is 0 Å². The zero-order valence-electron chi connectivity index (χ0n) is 11.5. The summed E-state index contributed by atoms with van der Waals surface area (Å²) in [6.07, 6.45) is 1.92. The number of carbonyl (C=O) groups excluding carboxylic acids is 1. The quantitative estimate of drug-likeness (QED) is 0.706. The Morgan fingerprint density at radius 3 is 2.71 bits per heavy atom. The molecule has 1 aliphatic heterocycles. The van der Waals surface area contributed by atoms with Crippen LogP contribution in [0.15, 0.2) is 0 Å². The third-order valence-electron chi connectivity index (χ3n) is 2.71. The molecule has 0 aromatic heterocycles. The first-order valence-electron chi connectivity index (χ1n) is 6.53. The molecule has 0 radical (unpaired) electrons. The molecule has 102 valence electrons. The van der Waals surface area contributed by atoms with Crippen LogP contribution in [0, 0.1) is 0 Å². The topological polar surface area (TPSA) is 67.6 Å². The van der Waals surface area contributed by atoms with E-state index in [0.717, 1.165) is 19.4 Å². The number of rotatable bonds is 5. The Labute approximate surface area is 105 Å². The van der Waals surface area contributed by atoms with E-state index in [2.05, 4.69) is 17.1 Å². The highest BCUT2D eigenvalue weighted by molar-refractivity contribution is 5.77. The zero-order chi connectivity index (χ0) is 13.3. The molecule has 1 saturated heterocycles. The highest BCUT2D eigenvalue weighted by Gasteiger charge is 2.26. The molecule has 0 aromatic rings. The number of hydrogen-bond donors (Lipinski definition) is 2. The second-order valence-corrected chi connectivity index (χ2v) is 3.88. The van der Waals surface area contributed by atoms with Gasteiger partial charge in [-0.1, -0.05) is 13.8 Å². The fourth-order valence-corrected chi connectivity index (χ4v) is 1.85. The minimum atomic E-state index is -0.379. The molecule has 2 unspecified atom stereocenters. The van der Waals surface area contributed by atoms with Crippen LogP contribution in [0.2, 0.25) is 0 Å². The van der Waals surface area contributed by atoms with Gasteiger partial charge in [-0.05, 0) is 26.7 Å². The van der Waals surface area contributed by atoms with Crippen LogP contribution in [0.1, 0.15) is 40.5 Å². The Morgan fingerprint density at radius 1 is 1.59 bits per heavy atom. The maximum atomic E-state index is 11.3. The Bertz CT molecular complexity index is 212. The maximum Gasteiger partial charge on any atom is 0.248 e. The lowest BCUT2D eigenvalue weighted by atomic mass is 10.2. The lowest BCUT2D eigenvalue weighted by Crippen LogP contribution is -2.55. The number of carbonyl (C=O) groups is 1. The van der Waals surface area contributed by atoms with E-state index in [4.69, 9.17) is 10.5 Å². The minimum absolute atomic E-state index is 0.0897. The van der Waals surface area contributed by atoms with E-state index in [0.29, 0.717) is 12.6 Å². The molecule has 0 spiro atoms. The molecule has 5 heteroatoms. The summed E-state index contributed by atoms with van der Waals surface area (Å²) < 4.78 is 5.00. The largest absolute Gasteiger partial charge is 0.372 e. The van der Waals surface area contributed by atoms with E-state index >= 15 is 0 Å². The van der Waals surface area contributed by atoms with Gasteiger partial charge in [0.15, 0.2) is 0 Å². The van der Waals surface area contributed by atoms with Gasteiger partial charge in [-0.2, -0.15) is 0 Å². The lowest BCUT2D eigenvalue weighted by Gasteiger charge is -2.28. The number of nitrogens with zero attached hydrogens (tertiary/aromatic N) is 1. The first-order chi connectivity index (χ1) is 8.15. The SMILES string of the molecule is CC.CCOCC(=O)NC(N)N1CCCC1C. The van der Waals surface area contributed by atoms with Crippen molar-refractivity contribution in [1.29, 1.82) is 0 Å². The van der Waals surface area contributed by atoms with E-state index in [-0.39, 0.29) is 18.8 Å². The number of hydrogen-bond acceptors (Lipinski definition) is 4. The molecule has 1 rings (SSSR count). The van der Waals surface area contributed by atoms with Gasteiger partial charge in [-0.25, -0.2) is 0 Å². The minimum Gasteiger partial charge on any atom is -0.372 e. The van der Waals surface area contributed by atoms with Crippen LogP contribution in [0.5, 0.6) is 0 Å². The molecule has 0 saturated carbocycles. The molecule has 0 aromatic carbocycles. The second-order valence-electron chi connectivity index (χ2n) is 3.88. The van der Waals surface area contributed by atoms with Gasteiger partial charge < -0.3 is 10.1 Å². The molecule has 2 atom stereocenters. The summed E-state index contributed by atoms with van der Waals surface area (Å²) in [5, 5.41) is 2.73. The molecule has 1 fully saturated rings. The lowest BCUT2D eigenvalue weighted by molar-refractivity contribution is -0.127. The molecule has 1 amide bonds. The van der Waals surface area contributed by atoms with Crippen molar-refractivity contribution < 1.29 is 9.53 Å². The van der Waals surface area contributed by atoms with Crippen molar-refractivity contribution in [2.75, 3.05) is 19.8 Å². The zero-order valence-corrected chi connectivity index (χ0v) is 11.5. The molecule has 17 heavy (non-hydrogen) atoms. The highest BCUT2D eigenvalue weighted by atomic mass is 16.5. The maximum absolute atomic E-state index is 11.3. The fraction of sp³-hybridized carbons (Fsp3) is 0.917. The van der Waals surface area contributed by atoms with Gasteiger partial charge in [-0.3, -0.25) is 15.4 Å². The Hall–Kier alpha value is -0.650. The van der Waals surface area contributed by atoms with Gasteiger partial charge in [0.25, 0.3) is 0 Å². The fourth-order valence-electron chi connectivity index (χ4n) is 1.85. The number of ether oxygens (including phenoxy) is 1. The summed E-state index contributed by atoms with van der Waals surface area (Å²) >= 11 is 0. The van der Waals surface area contributed by atoms with Crippen LogP contribution >= 0.6 is 0 Å². The van der Waals surface area contributed by atoms with Crippen LogP contribution < -0.4 is 11.1 Å². The van der Waals surface area contributed by atoms with Crippen LogP contribution in [0.25, 0.3) is 0 Å². The van der Waals surface area contributed by atoms with Crippen LogP contribution in [-0.2, 0) is 9.53 Å². The van der Waals surface area contributed by atoms with Crippen LogP contribution in [0.4, 0.5) is 0 Å². The molecule has 3 N–H and O–H groups in total. The molecule has 1 aliphatic rings. The average Bonchev–Trinajstić information content (AvgIpc) is 2.75. The molecule has 1 heterocycles. The molecule has 0 bridgehead atoms.